The van der Waals surface area contributed by atoms with Crippen LogP contribution in [0.4, 0.5) is 0 Å². The highest BCUT2D eigenvalue weighted by molar-refractivity contribution is 8.00. The van der Waals surface area contributed by atoms with Gasteiger partial charge in [0.2, 0.25) is 0 Å². The summed E-state index contributed by atoms with van der Waals surface area (Å²) in [7, 11) is 2.04. The van der Waals surface area contributed by atoms with Crippen molar-refractivity contribution in [2.45, 2.75) is 41.7 Å². The number of aromatic nitrogens is 1. The fourth-order valence-corrected chi connectivity index (χ4v) is 4.64. The topological polar surface area (TPSA) is 19.0 Å². The molecule has 2 aromatic rings. The fraction of sp³-hybridized carbons (Fsp3) is 0.500. The summed E-state index contributed by atoms with van der Waals surface area (Å²) in [5.41, 5.74) is 3.86. The van der Waals surface area contributed by atoms with Gasteiger partial charge in [0.25, 0.3) is 0 Å². The SMILES string of the molecule is CCc1ccc2[nH]cc(C3CC(S)(S)N(C)C3(C)S)c2c1. The highest BCUT2D eigenvalue weighted by atomic mass is 32.2. The Balaban J connectivity index is 2.12. The van der Waals surface area contributed by atoms with Gasteiger partial charge in [-0.15, -0.1) is 25.3 Å². The predicted molar refractivity (Wildman–Crippen MR) is 101 cm³/mol. The summed E-state index contributed by atoms with van der Waals surface area (Å²) in [6.07, 6.45) is 4.03. The molecule has 0 radical (unpaired) electrons. The largest absolute Gasteiger partial charge is 0.361 e. The molecule has 3 rings (SSSR count). The minimum absolute atomic E-state index is 0.277. The molecule has 1 aromatic heterocycles. The number of likely N-dealkylation sites (tertiary alicyclic amines) is 1. The van der Waals surface area contributed by atoms with Crippen molar-refractivity contribution in [3.8, 4) is 0 Å². The van der Waals surface area contributed by atoms with Crippen LogP contribution < -0.4 is 0 Å². The molecule has 0 saturated carbocycles. The summed E-state index contributed by atoms with van der Waals surface area (Å²) in [6.45, 7) is 4.34. The molecule has 21 heavy (non-hydrogen) atoms. The first-order valence-corrected chi connectivity index (χ1v) is 8.62. The van der Waals surface area contributed by atoms with E-state index < -0.39 is 4.20 Å². The van der Waals surface area contributed by atoms with Crippen LogP contribution >= 0.6 is 37.9 Å². The Kier molecular flexibility index (Phi) is 3.84. The highest BCUT2D eigenvalue weighted by Crippen LogP contribution is 2.55. The summed E-state index contributed by atoms with van der Waals surface area (Å²) >= 11 is 14.4. The lowest BCUT2D eigenvalue weighted by Crippen LogP contribution is -2.42. The minimum Gasteiger partial charge on any atom is -0.361 e. The zero-order chi connectivity index (χ0) is 15.4. The number of H-pyrrole nitrogens is 1. The van der Waals surface area contributed by atoms with Crippen molar-refractivity contribution in [3.05, 3.63) is 35.5 Å². The number of aromatic amines is 1. The Morgan fingerprint density at radius 1 is 1.33 bits per heavy atom. The summed E-state index contributed by atoms with van der Waals surface area (Å²) in [5, 5.41) is 1.30. The van der Waals surface area contributed by atoms with Gasteiger partial charge in [0.1, 0.15) is 4.20 Å². The summed E-state index contributed by atoms with van der Waals surface area (Å²) in [4.78, 5) is 5.26. The maximum atomic E-state index is 4.93. The van der Waals surface area contributed by atoms with Crippen LogP contribution in [-0.4, -0.2) is 26.0 Å². The summed E-state index contributed by atoms with van der Waals surface area (Å²) < 4.78 is -0.437. The van der Waals surface area contributed by atoms with Gasteiger partial charge in [0, 0.05) is 23.0 Å². The van der Waals surface area contributed by atoms with E-state index >= 15 is 0 Å². The Bertz CT molecular complexity index is 675. The average molecular weight is 339 g/mol. The van der Waals surface area contributed by atoms with Crippen molar-refractivity contribution in [1.82, 2.24) is 9.88 Å². The lowest BCUT2D eigenvalue weighted by atomic mass is 9.91. The van der Waals surface area contributed by atoms with Gasteiger partial charge in [-0.25, -0.2) is 0 Å². The van der Waals surface area contributed by atoms with Crippen LogP contribution in [0.1, 0.15) is 37.3 Å². The third-order valence-electron chi connectivity index (χ3n) is 4.92. The molecule has 2 heterocycles. The van der Waals surface area contributed by atoms with Crippen LogP contribution in [0.3, 0.4) is 0 Å². The van der Waals surface area contributed by atoms with Crippen LogP contribution in [0.25, 0.3) is 10.9 Å². The molecule has 1 N–H and O–H groups in total. The van der Waals surface area contributed by atoms with E-state index in [-0.39, 0.29) is 10.8 Å². The van der Waals surface area contributed by atoms with E-state index in [0.29, 0.717) is 0 Å². The van der Waals surface area contributed by atoms with Gasteiger partial charge >= 0.3 is 0 Å². The number of hydrogen-bond donors (Lipinski definition) is 4. The Labute approximate surface area is 142 Å². The Hall–Kier alpha value is -0.230. The molecular formula is C16H22N2S3. The maximum Gasteiger partial charge on any atom is 0.110 e. The van der Waals surface area contributed by atoms with Crippen LogP contribution in [0.2, 0.25) is 0 Å². The van der Waals surface area contributed by atoms with Crippen LogP contribution in [0.5, 0.6) is 0 Å². The fourth-order valence-electron chi connectivity index (χ4n) is 3.30. The van der Waals surface area contributed by atoms with Crippen LogP contribution in [-0.2, 0) is 6.42 Å². The molecule has 114 valence electrons. The third-order valence-corrected chi connectivity index (χ3v) is 6.49. The molecule has 0 bridgehead atoms. The van der Waals surface area contributed by atoms with E-state index in [4.69, 9.17) is 37.9 Å². The standard InChI is InChI=1S/C16H22N2S3/c1-4-10-5-6-14-11(7-10)12(9-17-14)13-8-16(20,21)18(3)15(13,2)19/h5-7,9,13,17,19-21H,4,8H2,1-3H3. The Morgan fingerprint density at radius 2 is 2.05 bits per heavy atom. The van der Waals surface area contributed by atoms with Gasteiger partial charge in [0.05, 0.1) is 4.87 Å². The highest BCUT2D eigenvalue weighted by Gasteiger charge is 2.52. The second kappa shape index (κ2) is 5.15. The predicted octanol–water partition coefficient (Wildman–Crippen LogP) is 4.31. The normalized spacial score (nSPS) is 29.3. The van der Waals surface area contributed by atoms with Crippen LogP contribution in [0.15, 0.2) is 24.4 Å². The Morgan fingerprint density at radius 3 is 2.62 bits per heavy atom. The molecule has 1 aliphatic heterocycles. The van der Waals surface area contributed by atoms with Gasteiger partial charge in [-0.3, -0.25) is 4.90 Å². The first kappa shape index (κ1) is 15.7. The second-order valence-corrected chi connectivity index (χ2v) is 8.90. The third kappa shape index (κ3) is 2.42. The number of thiol groups is 3. The maximum absolute atomic E-state index is 4.93. The molecule has 0 amide bonds. The van der Waals surface area contributed by atoms with Gasteiger partial charge in [0.15, 0.2) is 0 Å². The van der Waals surface area contributed by atoms with E-state index in [1.807, 2.05) is 7.05 Å². The zero-order valence-corrected chi connectivity index (χ0v) is 15.3. The molecule has 2 atom stereocenters. The van der Waals surface area contributed by atoms with Gasteiger partial charge in [-0.05, 0) is 50.1 Å². The summed E-state index contributed by atoms with van der Waals surface area (Å²) in [5.74, 6) is 0.279. The van der Waals surface area contributed by atoms with E-state index in [0.717, 1.165) is 12.8 Å². The lowest BCUT2D eigenvalue weighted by Gasteiger charge is -2.36. The van der Waals surface area contributed by atoms with Crippen molar-refractivity contribution in [3.63, 3.8) is 0 Å². The van der Waals surface area contributed by atoms with E-state index in [1.165, 1.54) is 22.0 Å². The van der Waals surface area contributed by atoms with Crippen molar-refractivity contribution in [1.29, 1.82) is 0 Å². The number of benzene rings is 1. The van der Waals surface area contributed by atoms with Crippen molar-refractivity contribution in [2.24, 2.45) is 0 Å². The minimum atomic E-state index is -0.437. The summed E-state index contributed by atoms with van der Waals surface area (Å²) in [6, 6.07) is 6.65. The van der Waals surface area contributed by atoms with E-state index in [1.54, 1.807) is 0 Å². The van der Waals surface area contributed by atoms with Crippen molar-refractivity contribution >= 4 is 48.8 Å². The number of rotatable bonds is 2. The average Bonchev–Trinajstić information content (AvgIpc) is 2.91. The number of nitrogens with zero attached hydrogens (tertiary/aromatic N) is 1. The molecule has 2 nitrogen and oxygen atoms in total. The lowest BCUT2D eigenvalue weighted by molar-refractivity contribution is 0.257. The van der Waals surface area contributed by atoms with Gasteiger partial charge in [-0.2, -0.15) is 12.6 Å². The molecular weight excluding hydrogens is 316 g/mol. The van der Waals surface area contributed by atoms with Gasteiger partial charge < -0.3 is 4.98 Å². The molecule has 0 spiro atoms. The molecule has 1 aromatic carbocycles. The molecule has 1 aliphatic rings. The number of aryl methyl sites for hydroxylation is 1. The monoisotopic (exact) mass is 338 g/mol. The first-order valence-electron chi connectivity index (χ1n) is 7.28. The molecule has 2 unspecified atom stereocenters. The van der Waals surface area contributed by atoms with Crippen molar-refractivity contribution in [2.75, 3.05) is 7.05 Å². The number of fused-ring (bicyclic) bond motifs is 1. The number of hydrogen-bond acceptors (Lipinski definition) is 4. The smallest absolute Gasteiger partial charge is 0.110 e. The van der Waals surface area contributed by atoms with E-state index in [2.05, 4.69) is 48.1 Å². The number of likely N-dealkylation sites (N-methyl/N-ethyl adjacent to an activating group) is 1. The molecule has 5 heteroatoms. The molecule has 0 aliphatic carbocycles. The first-order chi connectivity index (χ1) is 9.77. The second-order valence-electron chi connectivity index (χ2n) is 6.16. The van der Waals surface area contributed by atoms with Gasteiger partial charge in [-0.1, -0.05) is 13.0 Å². The zero-order valence-electron chi connectivity index (χ0n) is 12.6. The molecule has 1 saturated heterocycles. The molecule has 1 fully saturated rings. The van der Waals surface area contributed by atoms with Crippen LogP contribution in [0, 0.1) is 0 Å². The number of nitrogens with one attached hydrogen (secondary N) is 1. The van der Waals surface area contributed by atoms with Crippen molar-refractivity contribution < 1.29 is 0 Å². The quantitative estimate of drug-likeness (QED) is 0.475. The van der Waals surface area contributed by atoms with E-state index in [9.17, 15) is 0 Å².